The quantitative estimate of drug-likeness (QED) is 0.374. The molecule has 2 aromatic carbocycles. The standard InChI is InChI=1S/C24H20N6O6S/c1-15(30-22(31)10-8-19(28-30)16-3-9-20-21(13-16)36-14-35-20)23(32)27-17-4-6-18(7-5-17)37(33,34)29-24-25-11-2-12-26-24/h2-13,15H,14H2,1H3,(H,27,32)(H,25,26,29). The Morgan fingerprint density at radius 1 is 1.00 bits per heavy atom. The fourth-order valence-electron chi connectivity index (χ4n) is 3.52. The maximum Gasteiger partial charge on any atom is 0.267 e. The zero-order chi connectivity index (χ0) is 26.0. The lowest BCUT2D eigenvalue weighted by Gasteiger charge is -2.15. The van der Waals surface area contributed by atoms with Crippen molar-refractivity contribution in [3.05, 3.63) is 83.4 Å². The zero-order valence-corrected chi connectivity index (χ0v) is 20.2. The molecule has 13 heteroatoms. The lowest BCUT2D eigenvalue weighted by atomic mass is 10.1. The SMILES string of the molecule is CC(C(=O)Nc1ccc(S(=O)(=O)Nc2ncccn2)cc1)n1nc(-c2ccc3c(c2)OCO3)ccc1=O. The number of hydrogen-bond acceptors (Lipinski definition) is 9. The third kappa shape index (κ3) is 5.11. The molecule has 1 aliphatic rings. The highest BCUT2D eigenvalue weighted by molar-refractivity contribution is 7.92. The molecular weight excluding hydrogens is 500 g/mol. The average molecular weight is 521 g/mol. The second-order valence-electron chi connectivity index (χ2n) is 7.94. The van der Waals surface area contributed by atoms with Gasteiger partial charge >= 0.3 is 0 Å². The van der Waals surface area contributed by atoms with E-state index in [4.69, 9.17) is 9.47 Å². The van der Waals surface area contributed by atoms with Crippen molar-refractivity contribution in [3.63, 3.8) is 0 Å². The summed E-state index contributed by atoms with van der Waals surface area (Å²) >= 11 is 0. The number of aromatic nitrogens is 4. The molecule has 2 N–H and O–H groups in total. The molecule has 0 saturated heterocycles. The van der Waals surface area contributed by atoms with E-state index in [2.05, 4.69) is 25.1 Å². The maximum absolute atomic E-state index is 12.9. The number of carbonyl (C=O) groups excluding carboxylic acids is 1. The van der Waals surface area contributed by atoms with E-state index in [0.717, 1.165) is 4.68 Å². The second-order valence-corrected chi connectivity index (χ2v) is 9.62. The van der Waals surface area contributed by atoms with Gasteiger partial charge in [-0.2, -0.15) is 5.10 Å². The van der Waals surface area contributed by atoms with Crippen molar-refractivity contribution >= 4 is 27.6 Å². The molecule has 0 bridgehead atoms. The Balaban J connectivity index is 1.30. The molecule has 0 saturated carbocycles. The van der Waals surface area contributed by atoms with Crippen LogP contribution in [0.2, 0.25) is 0 Å². The summed E-state index contributed by atoms with van der Waals surface area (Å²) < 4.78 is 39.1. The van der Waals surface area contributed by atoms with Gasteiger partial charge in [0.2, 0.25) is 18.6 Å². The average Bonchev–Trinajstić information content (AvgIpc) is 3.37. The van der Waals surface area contributed by atoms with Gasteiger partial charge < -0.3 is 14.8 Å². The number of carbonyl (C=O) groups is 1. The van der Waals surface area contributed by atoms with Gasteiger partial charge in [0.25, 0.3) is 15.6 Å². The van der Waals surface area contributed by atoms with E-state index < -0.39 is 27.5 Å². The summed E-state index contributed by atoms with van der Waals surface area (Å²) in [6.07, 6.45) is 2.82. The minimum Gasteiger partial charge on any atom is -0.454 e. The molecule has 0 radical (unpaired) electrons. The minimum atomic E-state index is -3.92. The van der Waals surface area contributed by atoms with Crippen molar-refractivity contribution in [2.75, 3.05) is 16.8 Å². The first-order valence-corrected chi connectivity index (χ1v) is 12.5. The van der Waals surface area contributed by atoms with Crippen molar-refractivity contribution in [1.29, 1.82) is 0 Å². The van der Waals surface area contributed by atoms with Crippen molar-refractivity contribution in [2.45, 2.75) is 17.9 Å². The number of hydrogen-bond donors (Lipinski definition) is 2. The van der Waals surface area contributed by atoms with E-state index >= 15 is 0 Å². The number of fused-ring (bicyclic) bond motifs is 1. The molecule has 0 spiro atoms. The Hall–Kier alpha value is -4.78. The minimum absolute atomic E-state index is 0.0414. The van der Waals surface area contributed by atoms with E-state index in [0.29, 0.717) is 28.4 Å². The maximum atomic E-state index is 12.9. The first-order chi connectivity index (χ1) is 17.8. The molecule has 1 aliphatic heterocycles. The zero-order valence-electron chi connectivity index (χ0n) is 19.4. The van der Waals surface area contributed by atoms with Gasteiger partial charge in [0, 0.05) is 29.7 Å². The fraction of sp³-hybridized carbons (Fsp3) is 0.125. The molecular formula is C24H20N6O6S. The first-order valence-electron chi connectivity index (χ1n) is 11.0. The van der Waals surface area contributed by atoms with E-state index in [-0.39, 0.29) is 17.6 Å². The molecule has 0 fully saturated rings. The van der Waals surface area contributed by atoms with Gasteiger partial charge in [0.05, 0.1) is 10.6 Å². The van der Waals surface area contributed by atoms with Crippen LogP contribution in [0.3, 0.4) is 0 Å². The van der Waals surface area contributed by atoms with Crippen LogP contribution in [0.1, 0.15) is 13.0 Å². The van der Waals surface area contributed by atoms with Gasteiger partial charge in [-0.25, -0.2) is 27.8 Å². The van der Waals surface area contributed by atoms with Gasteiger partial charge in [0.1, 0.15) is 6.04 Å². The summed E-state index contributed by atoms with van der Waals surface area (Å²) in [6, 6.07) is 14.3. The lowest BCUT2D eigenvalue weighted by molar-refractivity contribution is -0.119. The summed E-state index contributed by atoms with van der Waals surface area (Å²) in [6.45, 7) is 1.67. The number of rotatable bonds is 7. The van der Waals surface area contributed by atoms with E-state index in [1.165, 1.54) is 49.6 Å². The van der Waals surface area contributed by atoms with Gasteiger partial charge in [0.15, 0.2) is 11.5 Å². The molecule has 12 nitrogen and oxygen atoms in total. The topological polar surface area (TPSA) is 154 Å². The predicted octanol–water partition coefficient (Wildman–Crippen LogP) is 2.43. The lowest BCUT2D eigenvalue weighted by Crippen LogP contribution is -2.33. The van der Waals surface area contributed by atoms with Crippen LogP contribution in [0.15, 0.2) is 82.7 Å². The van der Waals surface area contributed by atoms with Crippen LogP contribution in [0.5, 0.6) is 11.5 Å². The van der Waals surface area contributed by atoms with Crippen molar-refractivity contribution in [1.82, 2.24) is 19.7 Å². The highest BCUT2D eigenvalue weighted by Crippen LogP contribution is 2.35. The van der Waals surface area contributed by atoms with Crippen LogP contribution in [0.4, 0.5) is 11.6 Å². The predicted molar refractivity (Wildman–Crippen MR) is 133 cm³/mol. The van der Waals surface area contributed by atoms with Crippen molar-refractivity contribution in [2.24, 2.45) is 0 Å². The molecule has 3 heterocycles. The highest BCUT2D eigenvalue weighted by Gasteiger charge is 2.21. The van der Waals surface area contributed by atoms with Crippen LogP contribution in [0, 0.1) is 0 Å². The molecule has 5 rings (SSSR count). The molecule has 1 atom stereocenters. The monoisotopic (exact) mass is 520 g/mol. The molecule has 188 valence electrons. The van der Waals surface area contributed by atoms with Crippen LogP contribution < -0.4 is 25.1 Å². The summed E-state index contributed by atoms with van der Waals surface area (Å²) in [5, 5.41) is 7.04. The number of amides is 1. The Morgan fingerprint density at radius 2 is 1.73 bits per heavy atom. The molecule has 1 amide bonds. The number of nitrogens with zero attached hydrogens (tertiary/aromatic N) is 4. The molecule has 0 aliphatic carbocycles. The normalized spacial score (nSPS) is 13.1. The van der Waals surface area contributed by atoms with Gasteiger partial charge in [-0.3, -0.25) is 9.59 Å². The Bertz CT molecular complexity index is 1620. The van der Waals surface area contributed by atoms with E-state index in [1.54, 1.807) is 30.3 Å². The third-order valence-electron chi connectivity index (χ3n) is 5.46. The van der Waals surface area contributed by atoms with Gasteiger partial charge in [-0.15, -0.1) is 0 Å². The third-order valence-corrected chi connectivity index (χ3v) is 6.81. The molecule has 2 aromatic heterocycles. The smallest absolute Gasteiger partial charge is 0.267 e. The van der Waals surface area contributed by atoms with Gasteiger partial charge in [-0.05, 0) is 61.5 Å². The number of sulfonamides is 1. The summed E-state index contributed by atoms with van der Waals surface area (Å²) in [4.78, 5) is 33.0. The number of ether oxygens (including phenoxy) is 2. The number of nitrogens with one attached hydrogen (secondary N) is 2. The molecule has 37 heavy (non-hydrogen) atoms. The Morgan fingerprint density at radius 3 is 2.49 bits per heavy atom. The van der Waals surface area contributed by atoms with Crippen LogP contribution >= 0.6 is 0 Å². The van der Waals surface area contributed by atoms with Crippen LogP contribution in [0.25, 0.3) is 11.3 Å². The Kier molecular flexibility index (Phi) is 6.27. The summed E-state index contributed by atoms with van der Waals surface area (Å²) in [5.74, 6) is 0.617. The fourth-order valence-corrected chi connectivity index (χ4v) is 4.48. The van der Waals surface area contributed by atoms with E-state index in [1.807, 2.05) is 0 Å². The van der Waals surface area contributed by atoms with Crippen molar-refractivity contribution < 1.29 is 22.7 Å². The van der Waals surface area contributed by atoms with Crippen LogP contribution in [-0.4, -0.2) is 40.9 Å². The van der Waals surface area contributed by atoms with Gasteiger partial charge in [-0.1, -0.05) is 0 Å². The highest BCUT2D eigenvalue weighted by atomic mass is 32.2. The molecule has 1 unspecified atom stereocenters. The van der Waals surface area contributed by atoms with E-state index in [9.17, 15) is 18.0 Å². The first kappa shape index (κ1) is 23.9. The summed E-state index contributed by atoms with van der Waals surface area (Å²) in [5.41, 5.74) is 1.05. The van der Waals surface area contributed by atoms with Crippen molar-refractivity contribution in [3.8, 4) is 22.8 Å². The number of anilines is 2. The molecule has 4 aromatic rings. The Labute approximate surface area is 211 Å². The van der Waals surface area contributed by atoms with Crippen LogP contribution in [-0.2, 0) is 14.8 Å². The number of benzene rings is 2. The second kappa shape index (κ2) is 9.70. The summed E-state index contributed by atoms with van der Waals surface area (Å²) in [7, 11) is -3.92. The largest absolute Gasteiger partial charge is 0.454 e.